The molecule has 0 amide bonds. The smallest absolute Gasteiger partial charge is 0.348 e. The van der Waals surface area contributed by atoms with Gasteiger partial charge in [0.25, 0.3) is 0 Å². The van der Waals surface area contributed by atoms with E-state index in [1.54, 1.807) is 0 Å². The highest BCUT2D eigenvalue weighted by Gasteiger charge is 2.18. The van der Waals surface area contributed by atoms with Crippen molar-refractivity contribution in [2.24, 2.45) is 0 Å². The fourth-order valence-corrected chi connectivity index (χ4v) is 2.80. The number of hydrogen-bond acceptors (Lipinski definition) is 4. The van der Waals surface area contributed by atoms with E-state index in [1.165, 1.54) is 11.3 Å². The Morgan fingerprint density at radius 2 is 1.95 bits per heavy atom. The van der Waals surface area contributed by atoms with Crippen molar-refractivity contribution in [3.63, 3.8) is 0 Å². The minimum Gasteiger partial charge on any atom is -0.477 e. The van der Waals surface area contributed by atoms with Crippen LogP contribution in [0.15, 0.2) is 24.3 Å². The van der Waals surface area contributed by atoms with Gasteiger partial charge in [-0.1, -0.05) is 29.8 Å². The molecule has 19 heavy (non-hydrogen) atoms. The summed E-state index contributed by atoms with van der Waals surface area (Å²) in [7, 11) is 3.88. The molecule has 0 saturated heterocycles. The molecule has 2 rings (SSSR count). The van der Waals surface area contributed by atoms with Gasteiger partial charge in [0.2, 0.25) is 0 Å². The zero-order chi connectivity index (χ0) is 14.0. The fourth-order valence-electron chi connectivity index (χ4n) is 1.75. The van der Waals surface area contributed by atoms with Gasteiger partial charge in [-0.15, -0.1) is 11.3 Å². The van der Waals surface area contributed by atoms with Crippen LogP contribution in [0.3, 0.4) is 0 Å². The second-order valence-electron chi connectivity index (χ2n) is 4.69. The highest BCUT2D eigenvalue weighted by Crippen LogP contribution is 2.29. The van der Waals surface area contributed by atoms with Crippen molar-refractivity contribution >= 4 is 17.3 Å². The first-order valence-corrected chi connectivity index (χ1v) is 6.74. The molecule has 0 atom stereocenters. The van der Waals surface area contributed by atoms with E-state index in [0.29, 0.717) is 17.1 Å². The molecule has 100 valence electrons. The minimum atomic E-state index is -0.918. The number of carbonyl (C=O) groups is 1. The first-order chi connectivity index (χ1) is 8.97. The van der Waals surface area contributed by atoms with Crippen LogP contribution in [0, 0.1) is 6.92 Å². The molecule has 0 unspecified atom stereocenters. The summed E-state index contributed by atoms with van der Waals surface area (Å²) < 4.78 is 0. The summed E-state index contributed by atoms with van der Waals surface area (Å²) >= 11 is 1.24. The molecule has 0 bridgehead atoms. The Hall–Kier alpha value is -1.72. The maximum Gasteiger partial charge on any atom is 0.348 e. The number of hydrogen-bond donors (Lipinski definition) is 1. The van der Waals surface area contributed by atoms with E-state index in [1.807, 2.05) is 50.2 Å². The summed E-state index contributed by atoms with van der Waals surface area (Å²) in [4.78, 5) is 18.1. The summed E-state index contributed by atoms with van der Waals surface area (Å²) in [6.07, 6.45) is 0. The van der Waals surface area contributed by atoms with Gasteiger partial charge in [-0.05, 0) is 21.0 Å². The SMILES string of the molecule is Cc1ccc(-c2nc(CN(C)C)sc2C(=O)O)cc1. The first kappa shape index (κ1) is 13.7. The van der Waals surface area contributed by atoms with Gasteiger partial charge in [-0.3, -0.25) is 0 Å². The number of carboxylic acids is 1. The Labute approximate surface area is 116 Å². The van der Waals surface area contributed by atoms with Gasteiger partial charge in [-0.2, -0.15) is 0 Å². The molecule has 4 nitrogen and oxygen atoms in total. The number of aryl methyl sites for hydroxylation is 1. The number of thiazole rings is 1. The topological polar surface area (TPSA) is 53.4 Å². The lowest BCUT2D eigenvalue weighted by atomic mass is 10.1. The second kappa shape index (κ2) is 5.50. The van der Waals surface area contributed by atoms with E-state index in [9.17, 15) is 9.90 Å². The molecular formula is C14H16N2O2S. The third kappa shape index (κ3) is 3.19. The maximum atomic E-state index is 11.3. The normalized spacial score (nSPS) is 10.9. The molecular weight excluding hydrogens is 260 g/mol. The van der Waals surface area contributed by atoms with E-state index >= 15 is 0 Å². The lowest BCUT2D eigenvalue weighted by Crippen LogP contribution is -2.10. The Bertz CT molecular complexity index is 588. The molecule has 0 aliphatic heterocycles. The summed E-state index contributed by atoms with van der Waals surface area (Å²) in [6.45, 7) is 2.65. The van der Waals surface area contributed by atoms with Crippen LogP contribution in [-0.2, 0) is 6.54 Å². The molecule has 1 aromatic heterocycles. The van der Waals surface area contributed by atoms with Crippen molar-refractivity contribution in [2.75, 3.05) is 14.1 Å². The molecule has 0 aliphatic carbocycles. The lowest BCUT2D eigenvalue weighted by molar-refractivity contribution is 0.0702. The fraction of sp³-hybridized carbons (Fsp3) is 0.286. The van der Waals surface area contributed by atoms with Crippen LogP contribution in [0.25, 0.3) is 11.3 Å². The highest BCUT2D eigenvalue weighted by molar-refractivity contribution is 7.14. The van der Waals surface area contributed by atoms with E-state index < -0.39 is 5.97 Å². The van der Waals surface area contributed by atoms with Gasteiger partial charge in [0.1, 0.15) is 9.88 Å². The molecule has 1 heterocycles. The molecule has 0 aliphatic rings. The molecule has 0 radical (unpaired) electrons. The van der Waals surface area contributed by atoms with Crippen LogP contribution in [0.2, 0.25) is 0 Å². The van der Waals surface area contributed by atoms with E-state index in [2.05, 4.69) is 4.98 Å². The quantitative estimate of drug-likeness (QED) is 0.933. The zero-order valence-electron chi connectivity index (χ0n) is 11.2. The third-order valence-corrected chi connectivity index (χ3v) is 3.67. The van der Waals surface area contributed by atoms with Crippen molar-refractivity contribution in [1.29, 1.82) is 0 Å². The number of carboxylic acid groups (broad SMARTS) is 1. The Morgan fingerprint density at radius 1 is 1.32 bits per heavy atom. The van der Waals surface area contributed by atoms with Gasteiger partial charge in [0.05, 0.1) is 5.69 Å². The first-order valence-electron chi connectivity index (χ1n) is 5.92. The highest BCUT2D eigenvalue weighted by atomic mass is 32.1. The van der Waals surface area contributed by atoms with Crippen LogP contribution in [0.1, 0.15) is 20.2 Å². The van der Waals surface area contributed by atoms with Gasteiger partial charge in [0, 0.05) is 12.1 Å². The number of aromatic carboxylic acids is 1. The summed E-state index contributed by atoms with van der Waals surface area (Å²) in [5.41, 5.74) is 2.56. The maximum absolute atomic E-state index is 11.3. The summed E-state index contributed by atoms with van der Waals surface area (Å²) in [5.74, 6) is -0.918. The van der Waals surface area contributed by atoms with Gasteiger partial charge < -0.3 is 10.0 Å². The predicted molar refractivity (Wildman–Crippen MR) is 76.6 cm³/mol. The van der Waals surface area contributed by atoms with Gasteiger partial charge in [0.15, 0.2) is 0 Å². The summed E-state index contributed by atoms with van der Waals surface area (Å²) in [5, 5.41) is 10.1. The number of aromatic nitrogens is 1. The van der Waals surface area contributed by atoms with Gasteiger partial charge in [-0.25, -0.2) is 9.78 Å². The van der Waals surface area contributed by atoms with E-state index in [-0.39, 0.29) is 0 Å². The zero-order valence-corrected chi connectivity index (χ0v) is 12.0. The monoisotopic (exact) mass is 276 g/mol. The average Bonchev–Trinajstić information content (AvgIpc) is 2.73. The van der Waals surface area contributed by atoms with Crippen molar-refractivity contribution in [1.82, 2.24) is 9.88 Å². The standard InChI is InChI=1S/C14H16N2O2S/c1-9-4-6-10(7-5-9)12-13(14(17)18)19-11(15-12)8-16(2)3/h4-7H,8H2,1-3H3,(H,17,18). The Kier molecular flexibility index (Phi) is 3.97. The number of benzene rings is 1. The Morgan fingerprint density at radius 3 is 2.47 bits per heavy atom. The average molecular weight is 276 g/mol. The molecule has 2 aromatic rings. The van der Waals surface area contributed by atoms with Crippen LogP contribution in [-0.4, -0.2) is 35.1 Å². The Balaban J connectivity index is 2.45. The lowest BCUT2D eigenvalue weighted by Gasteiger charge is -2.05. The molecule has 0 spiro atoms. The van der Waals surface area contributed by atoms with Crippen LogP contribution in [0.5, 0.6) is 0 Å². The van der Waals surface area contributed by atoms with Crippen molar-refractivity contribution in [2.45, 2.75) is 13.5 Å². The van der Waals surface area contributed by atoms with Gasteiger partial charge >= 0.3 is 5.97 Å². The van der Waals surface area contributed by atoms with Crippen LogP contribution in [0.4, 0.5) is 0 Å². The minimum absolute atomic E-state index is 0.306. The molecule has 0 fully saturated rings. The molecule has 0 saturated carbocycles. The molecule has 1 N–H and O–H groups in total. The second-order valence-corrected chi connectivity index (χ2v) is 5.78. The van der Waals surface area contributed by atoms with E-state index in [4.69, 9.17) is 0 Å². The van der Waals surface area contributed by atoms with E-state index in [0.717, 1.165) is 16.1 Å². The largest absolute Gasteiger partial charge is 0.477 e. The number of rotatable bonds is 4. The number of nitrogens with zero attached hydrogens (tertiary/aromatic N) is 2. The molecule has 5 heteroatoms. The van der Waals surface area contributed by atoms with Crippen LogP contribution >= 0.6 is 11.3 Å². The van der Waals surface area contributed by atoms with Crippen molar-refractivity contribution in [3.05, 3.63) is 39.7 Å². The summed E-state index contributed by atoms with van der Waals surface area (Å²) in [6, 6.07) is 7.75. The molecule has 1 aromatic carbocycles. The third-order valence-electron chi connectivity index (χ3n) is 2.64. The van der Waals surface area contributed by atoms with Crippen molar-refractivity contribution < 1.29 is 9.90 Å². The predicted octanol–water partition coefficient (Wildman–Crippen LogP) is 2.88. The van der Waals surface area contributed by atoms with Crippen molar-refractivity contribution in [3.8, 4) is 11.3 Å². The van der Waals surface area contributed by atoms with Crippen LogP contribution < -0.4 is 0 Å².